The molecule has 0 aliphatic rings. The Hall–Kier alpha value is -1.18. The number of aliphatic hydroxyl groups is 2. The third kappa shape index (κ3) is 3.95. The van der Waals surface area contributed by atoms with Crippen LogP contribution in [-0.2, 0) is 0 Å². The lowest BCUT2D eigenvalue weighted by atomic mass is 10.6. The topological polar surface area (TPSA) is 85.6 Å². The second-order valence-corrected chi connectivity index (χ2v) is 3.83. The second-order valence-electron chi connectivity index (χ2n) is 3.49. The smallest absolute Gasteiger partial charge is 0.231 e. The molecule has 96 valence electrons. The van der Waals surface area contributed by atoms with Gasteiger partial charge in [0.15, 0.2) is 0 Å². The minimum Gasteiger partial charge on any atom is -0.395 e. The molecule has 1 heterocycles. The first-order valence-corrected chi connectivity index (χ1v) is 5.52. The van der Waals surface area contributed by atoms with Gasteiger partial charge >= 0.3 is 0 Å². The summed E-state index contributed by atoms with van der Waals surface area (Å²) < 4.78 is 0. The number of aliphatic hydroxyl groups excluding tert-OH is 2. The van der Waals surface area contributed by atoms with Crippen molar-refractivity contribution in [2.45, 2.75) is 0 Å². The number of halogens is 1. The largest absolute Gasteiger partial charge is 0.395 e. The van der Waals surface area contributed by atoms with Crippen molar-refractivity contribution in [3.8, 4) is 0 Å². The van der Waals surface area contributed by atoms with Crippen molar-refractivity contribution in [1.82, 2.24) is 15.0 Å². The van der Waals surface area contributed by atoms with Crippen LogP contribution < -0.4 is 9.80 Å². The maximum atomic E-state index is 8.84. The summed E-state index contributed by atoms with van der Waals surface area (Å²) in [5.41, 5.74) is 0. The Kier molecular flexibility index (Phi) is 5.33. The Morgan fingerprint density at radius 1 is 0.941 bits per heavy atom. The number of aromatic nitrogens is 3. The summed E-state index contributed by atoms with van der Waals surface area (Å²) >= 11 is 5.80. The average Bonchev–Trinajstić information content (AvgIpc) is 2.29. The highest BCUT2D eigenvalue weighted by Gasteiger charge is 2.11. The van der Waals surface area contributed by atoms with E-state index in [0.29, 0.717) is 25.0 Å². The van der Waals surface area contributed by atoms with Crippen molar-refractivity contribution in [3.05, 3.63) is 5.28 Å². The number of likely N-dealkylation sites (N-methyl/N-ethyl adjacent to an activating group) is 2. The molecule has 0 aliphatic heterocycles. The van der Waals surface area contributed by atoms with Gasteiger partial charge in [0, 0.05) is 27.2 Å². The van der Waals surface area contributed by atoms with E-state index in [1.807, 2.05) is 0 Å². The molecule has 0 spiro atoms. The lowest BCUT2D eigenvalue weighted by Crippen LogP contribution is -2.27. The summed E-state index contributed by atoms with van der Waals surface area (Å²) in [6.45, 7) is 0.816. The average molecular weight is 262 g/mol. The number of nitrogens with zero attached hydrogens (tertiary/aromatic N) is 5. The van der Waals surface area contributed by atoms with Crippen LogP contribution >= 0.6 is 11.6 Å². The molecule has 1 aromatic rings. The lowest BCUT2D eigenvalue weighted by molar-refractivity contribution is 0.303. The fourth-order valence-corrected chi connectivity index (χ4v) is 1.32. The van der Waals surface area contributed by atoms with E-state index >= 15 is 0 Å². The van der Waals surface area contributed by atoms with Gasteiger partial charge in [-0.15, -0.1) is 0 Å². The second kappa shape index (κ2) is 6.53. The highest BCUT2D eigenvalue weighted by Crippen LogP contribution is 2.14. The van der Waals surface area contributed by atoms with Crippen molar-refractivity contribution in [2.75, 3.05) is 50.2 Å². The van der Waals surface area contributed by atoms with Crippen LogP contribution in [0.3, 0.4) is 0 Å². The molecular formula is C9H16ClN5O2. The first kappa shape index (κ1) is 13.9. The highest BCUT2D eigenvalue weighted by atomic mass is 35.5. The summed E-state index contributed by atoms with van der Waals surface area (Å²) in [7, 11) is 3.50. The van der Waals surface area contributed by atoms with E-state index in [1.165, 1.54) is 0 Å². The summed E-state index contributed by atoms with van der Waals surface area (Å²) in [5.74, 6) is 0.776. The summed E-state index contributed by atoms with van der Waals surface area (Å²) in [6.07, 6.45) is 0. The molecule has 0 bridgehead atoms. The third-order valence-electron chi connectivity index (χ3n) is 2.14. The zero-order valence-electron chi connectivity index (χ0n) is 9.84. The number of hydrogen-bond donors (Lipinski definition) is 2. The van der Waals surface area contributed by atoms with Gasteiger partial charge in [0.05, 0.1) is 13.2 Å². The molecule has 0 aromatic carbocycles. The van der Waals surface area contributed by atoms with Crippen LogP contribution in [0.5, 0.6) is 0 Å². The van der Waals surface area contributed by atoms with Gasteiger partial charge in [0.25, 0.3) is 0 Å². The van der Waals surface area contributed by atoms with Crippen molar-refractivity contribution in [3.63, 3.8) is 0 Å². The first-order valence-electron chi connectivity index (χ1n) is 5.14. The van der Waals surface area contributed by atoms with Crippen molar-refractivity contribution < 1.29 is 10.2 Å². The zero-order chi connectivity index (χ0) is 12.8. The van der Waals surface area contributed by atoms with Crippen LogP contribution in [0.4, 0.5) is 11.9 Å². The van der Waals surface area contributed by atoms with Crippen LogP contribution in [0, 0.1) is 0 Å². The minimum atomic E-state index is 0.00160. The van der Waals surface area contributed by atoms with Gasteiger partial charge in [-0.05, 0) is 11.6 Å². The van der Waals surface area contributed by atoms with E-state index < -0.39 is 0 Å². The molecule has 0 aliphatic carbocycles. The fourth-order valence-electron chi connectivity index (χ4n) is 1.17. The number of anilines is 2. The maximum absolute atomic E-state index is 8.84. The van der Waals surface area contributed by atoms with Gasteiger partial charge in [-0.3, -0.25) is 0 Å². The van der Waals surface area contributed by atoms with Crippen LogP contribution in [-0.4, -0.2) is 65.6 Å². The quantitative estimate of drug-likeness (QED) is 0.706. The van der Waals surface area contributed by atoms with Gasteiger partial charge in [-0.25, -0.2) is 0 Å². The van der Waals surface area contributed by atoms with Crippen LogP contribution in [0.15, 0.2) is 0 Å². The minimum absolute atomic E-state index is 0.00160. The van der Waals surface area contributed by atoms with Crippen molar-refractivity contribution in [2.24, 2.45) is 0 Å². The zero-order valence-corrected chi connectivity index (χ0v) is 10.6. The van der Waals surface area contributed by atoms with E-state index in [9.17, 15) is 0 Å². The molecule has 8 heteroatoms. The van der Waals surface area contributed by atoms with Gasteiger partial charge in [0.2, 0.25) is 17.2 Å². The van der Waals surface area contributed by atoms with Gasteiger partial charge in [-0.2, -0.15) is 15.0 Å². The molecule has 0 amide bonds. The molecule has 0 atom stereocenters. The SMILES string of the molecule is CN(CCO)c1nc(Cl)nc(N(C)CCO)n1. The van der Waals surface area contributed by atoms with Gasteiger partial charge in [0.1, 0.15) is 0 Å². The van der Waals surface area contributed by atoms with E-state index in [-0.39, 0.29) is 18.5 Å². The molecule has 0 radical (unpaired) electrons. The molecule has 1 rings (SSSR count). The highest BCUT2D eigenvalue weighted by molar-refractivity contribution is 6.28. The standard InChI is InChI=1S/C9H16ClN5O2/c1-14(3-5-16)8-11-7(10)12-9(13-8)15(2)4-6-17/h16-17H,3-6H2,1-2H3. The monoisotopic (exact) mass is 261 g/mol. The van der Waals surface area contributed by atoms with Crippen LogP contribution in [0.2, 0.25) is 5.28 Å². The fraction of sp³-hybridized carbons (Fsp3) is 0.667. The number of rotatable bonds is 6. The molecule has 17 heavy (non-hydrogen) atoms. The summed E-state index contributed by atoms with van der Waals surface area (Å²) in [5, 5.41) is 17.8. The maximum Gasteiger partial charge on any atom is 0.231 e. The van der Waals surface area contributed by atoms with E-state index in [1.54, 1.807) is 23.9 Å². The molecule has 0 fully saturated rings. The third-order valence-corrected chi connectivity index (χ3v) is 2.31. The van der Waals surface area contributed by atoms with Gasteiger partial charge < -0.3 is 20.0 Å². The van der Waals surface area contributed by atoms with Crippen LogP contribution in [0.1, 0.15) is 0 Å². The predicted octanol–water partition coefficient (Wildman–Crippen LogP) is -0.618. The molecular weight excluding hydrogens is 246 g/mol. The van der Waals surface area contributed by atoms with E-state index in [4.69, 9.17) is 21.8 Å². The Morgan fingerprint density at radius 2 is 1.35 bits per heavy atom. The van der Waals surface area contributed by atoms with E-state index in [0.717, 1.165) is 0 Å². The van der Waals surface area contributed by atoms with Crippen molar-refractivity contribution >= 4 is 23.5 Å². The molecule has 0 saturated heterocycles. The Balaban J connectivity index is 2.93. The van der Waals surface area contributed by atoms with Crippen LogP contribution in [0.25, 0.3) is 0 Å². The van der Waals surface area contributed by atoms with E-state index in [2.05, 4.69) is 15.0 Å². The molecule has 2 N–H and O–H groups in total. The molecule has 7 nitrogen and oxygen atoms in total. The molecule has 0 saturated carbocycles. The summed E-state index contributed by atoms with van der Waals surface area (Å²) in [4.78, 5) is 15.5. The van der Waals surface area contributed by atoms with Gasteiger partial charge in [-0.1, -0.05) is 0 Å². The predicted molar refractivity (Wildman–Crippen MR) is 65.5 cm³/mol. The number of hydrogen-bond acceptors (Lipinski definition) is 7. The Morgan fingerprint density at radius 3 is 1.71 bits per heavy atom. The lowest BCUT2D eigenvalue weighted by Gasteiger charge is -2.19. The first-order chi connectivity index (χ1) is 8.08. The normalized spacial score (nSPS) is 10.4. The Bertz CT molecular complexity index is 335. The Labute approximate surface area is 105 Å². The summed E-state index contributed by atoms with van der Waals surface area (Å²) in [6, 6.07) is 0. The van der Waals surface area contributed by atoms with Crippen molar-refractivity contribution in [1.29, 1.82) is 0 Å². The molecule has 0 unspecified atom stereocenters. The molecule has 1 aromatic heterocycles.